The predicted octanol–water partition coefficient (Wildman–Crippen LogP) is -5.98. The predicted molar refractivity (Wildman–Crippen MR) is 97.5 cm³/mol. The maximum atomic E-state index is 12.8. The molecule has 1 aliphatic carbocycles. The fraction of sp³-hybridized carbons (Fsp3) is 0. The summed E-state index contributed by atoms with van der Waals surface area (Å²) in [5.74, 6) is -1.17. The summed E-state index contributed by atoms with van der Waals surface area (Å²) in [6.07, 6.45) is 0. The molecular formula is C14HB7O2. The normalized spacial score (nSPS) is 12.9. The molecule has 0 spiro atoms. The van der Waals surface area contributed by atoms with Gasteiger partial charge in [-0.2, -0.15) is 0 Å². The standard InChI is InChI=1S/C14HB7O2/c15-3-1-2-4(8(17)7(3)16)14(23)6-5(13(2)22)9(18)11(20)12(21)10(6)19/h1H. The number of ketones is 2. The van der Waals surface area contributed by atoms with Crippen LogP contribution in [0, 0.1) is 0 Å². The number of fused-ring (bicyclic) bond motifs is 2. The Kier molecular flexibility index (Phi) is 3.59. The molecule has 9 heteroatoms. The number of benzene rings is 2. The Bertz CT molecular complexity index is 934. The maximum Gasteiger partial charge on any atom is 0.193 e. The Hall–Kier alpha value is -1.77. The van der Waals surface area contributed by atoms with Crippen molar-refractivity contribution >= 4 is 105 Å². The molecule has 23 heavy (non-hydrogen) atoms. The summed E-state index contributed by atoms with van der Waals surface area (Å²) in [5, 5.41) is 0. The molecule has 3 rings (SSSR count). The van der Waals surface area contributed by atoms with Crippen molar-refractivity contribution in [3.8, 4) is 0 Å². The van der Waals surface area contributed by atoms with E-state index < -0.39 is 11.6 Å². The van der Waals surface area contributed by atoms with Crippen molar-refractivity contribution in [2.45, 2.75) is 0 Å². The number of carbonyl (C=O) groups excluding carboxylic acids is 2. The molecule has 2 nitrogen and oxygen atoms in total. The van der Waals surface area contributed by atoms with E-state index >= 15 is 0 Å². The molecule has 0 atom stereocenters. The van der Waals surface area contributed by atoms with E-state index in [0.29, 0.717) is 0 Å². The molecule has 14 radical (unpaired) electrons. The zero-order chi connectivity index (χ0) is 17.2. The smallest absolute Gasteiger partial charge is 0.193 e. The molecule has 0 saturated carbocycles. The first-order valence-corrected chi connectivity index (χ1v) is 6.51. The van der Waals surface area contributed by atoms with E-state index in [1.54, 1.807) is 0 Å². The van der Waals surface area contributed by atoms with Crippen molar-refractivity contribution in [2.75, 3.05) is 0 Å². The topological polar surface area (TPSA) is 34.1 Å². The van der Waals surface area contributed by atoms with E-state index in [4.69, 9.17) is 54.9 Å². The van der Waals surface area contributed by atoms with Gasteiger partial charge < -0.3 is 0 Å². The van der Waals surface area contributed by atoms with Crippen LogP contribution in [-0.2, 0) is 0 Å². The quantitative estimate of drug-likeness (QED) is 0.383. The molecule has 1 aliphatic rings. The third-order valence-corrected chi connectivity index (χ3v) is 4.02. The fourth-order valence-electron chi connectivity index (χ4n) is 2.72. The van der Waals surface area contributed by atoms with Crippen molar-refractivity contribution < 1.29 is 9.59 Å². The minimum atomic E-state index is -0.602. The van der Waals surface area contributed by atoms with E-state index in [1.807, 2.05) is 0 Å². The van der Waals surface area contributed by atoms with Crippen LogP contribution >= 0.6 is 0 Å². The highest BCUT2D eigenvalue weighted by molar-refractivity contribution is 6.67. The third-order valence-electron chi connectivity index (χ3n) is 4.02. The summed E-state index contributed by atoms with van der Waals surface area (Å²) < 4.78 is 0. The Morgan fingerprint density at radius 3 is 1.48 bits per heavy atom. The van der Waals surface area contributed by atoms with Crippen LogP contribution in [0.15, 0.2) is 6.07 Å². The van der Waals surface area contributed by atoms with Crippen LogP contribution in [0.1, 0.15) is 31.8 Å². The van der Waals surface area contributed by atoms with Crippen LogP contribution in [-0.4, -0.2) is 66.5 Å². The Morgan fingerprint density at radius 2 is 0.957 bits per heavy atom. The van der Waals surface area contributed by atoms with Crippen LogP contribution in [0.25, 0.3) is 0 Å². The average Bonchev–Trinajstić information content (AvgIpc) is 2.51. The van der Waals surface area contributed by atoms with Crippen molar-refractivity contribution in [1.82, 2.24) is 0 Å². The second-order valence-electron chi connectivity index (χ2n) is 5.28. The first kappa shape index (κ1) is 16.1. The van der Waals surface area contributed by atoms with Gasteiger partial charge in [0.2, 0.25) is 0 Å². The van der Waals surface area contributed by atoms with Gasteiger partial charge in [-0.05, 0) is 0 Å². The summed E-state index contributed by atoms with van der Waals surface area (Å²) >= 11 is 0. The van der Waals surface area contributed by atoms with Crippen molar-refractivity contribution in [2.24, 2.45) is 0 Å². The first-order chi connectivity index (χ1) is 10.7. The van der Waals surface area contributed by atoms with Gasteiger partial charge >= 0.3 is 0 Å². The summed E-state index contributed by atoms with van der Waals surface area (Å²) in [5.41, 5.74) is -0.615. The number of carbonyl (C=O) groups is 2. The van der Waals surface area contributed by atoms with E-state index in [0.717, 1.165) is 0 Å². The molecule has 0 fully saturated rings. The molecule has 0 N–H and O–H groups in total. The zero-order valence-electron chi connectivity index (χ0n) is 11.9. The van der Waals surface area contributed by atoms with Gasteiger partial charge in [0.05, 0.1) is 0 Å². The summed E-state index contributed by atoms with van der Waals surface area (Å²) in [6, 6.07) is 1.28. The highest BCUT2D eigenvalue weighted by atomic mass is 16.1. The Labute approximate surface area is 143 Å². The molecule has 0 bridgehead atoms. The largest absolute Gasteiger partial charge is 0.289 e. The van der Waals surface area contributed by atoms with Gasteiger partial charge in [0.1, 0.15) is 54.9 Å². The Balaban J connectivity index is 2.48. The summed E-state index contributed by atoms with van der Waals surface area (Å²) in [7, 11) is 40.6. The molecule has 0 aromatic heterocycles. The highest BCUT2D eigenvalue weighted by Crippen LogP contribution is 2.22. The second-order valence-corrected chi connectivity index (χ2v) is 5.28. The second kappa shape index (κ2) is 5.12. The van der Waals surface area contributed by atoms with E-state index in [1.165, 1.54) is 6.07 Å². The van der Waals surface area contributed by atoms with Crippen molar-refractivity contribution in [1.29, 1.82) is 0 Å². The van der Waals surface area contributed by atoms with Crippen LogP contribution < -0.4 is 38.2 Å². The molecule has 0 saturated heterocycles. The van der Waals surface area contributed by atoms with Crippen molar-refractivity contribution in [3.63, 3.8) is 0 Å². The maximum absolute atomic E-state index is 12.8. The number of hydrogen-bond acceptors (Lipinski definition) is 2. The lowest BCUT2D eigenvalue weighted by Crippen LogP contribution is -2.55. The Morgan fingerprint density at radius 1 is 0.522 bits per heavy atom. The van der Waals surface area contributed by atoms with Gasteiger partial charge in [0.15, 0.2) is 11.6 Å². The molecule has 2 aromatic rings. The molecule has 90 valence electrons. The van der Waals surface area contributed by atoms with E-state index in [-0.39, 0.29) is 60.5 Å². The van der Waals surface area contributed by atoms with Crippen LogP contribution in [0.4, 0.5) is 0 Å². The van der Waals surface area contributed by atoms with Gasteiger partial charge in [-0.1, -0.05) is 22.5 Å². The summed E-state index contributed by atoms with van der Waals surface area (Å²) in [6.45, 7) is 0. The van der Waals surface area contributed by atoms with Gasteiger partial charge in [-0.25, -0.2) is 0 Å². The fourth-order valence-corrected chi connectivity index (χ4v) is 2.72. The molecular weight excluding hydrogens is 276 g/mol. The monoisotopic (exact) mass is 278 g/mol. The number of hydrogen-bond donors (Lipinski definition) is 0. The lowest BCUT2D eigenvalue weighted by Gasteiger charge is -2.28. The SMILES string of the molecule is [B]c1cc2c(c([B])c1[B])C(=O)c1c([B])c([B])c([B])c([B])c1C2=O. The average molecular weight is 277 g/mol. The van der Waals surface area contributed by atoms with Gasteiger partial charge in [-0.15, -0.1) is 21.9 Å². The van der Waals surface area contributed by atoms with Crippen LogP contribution in [0.3, 0.4) is 0 Å². The molecule has 0 heterocycles. The van der Waals surface area contributed by atoms with Crippen LogP contribution in [0.2, 0.25) is 0 Å². The van der Waals surface area contributed by atoms with Crippen molar-refractivity contribution in [3.05, 3.63) is 28.3 Å². The molecule has 0 aliphatic heterocycles. The van der Waals surface area contributed by atoms with Gasteiger partial charge in [-0.3, -0.25) is 9.59 Å². The lowest BCUT2D eigenvalue weighted by atomic mass is 9.59. The third kappa shape index (κ3) is 1.98. The van der Waals surface area contributed by atoms with E-state index in [2.05, 4.69) is 0 Å². The zero-order valence-corrected chi connectivity index (χ0v) is 11.9. The summed E-state index contributed by atoms with van der Waals surface area (Å²) in [4.78, 5) is 25.6. The lowest BCUT2D eigenvalue weighted by molar-refractivity contribution is 0.0982. The highest BCUT2D eigenvalue weighted by Gasteiger charge is 2.34. The minimum Gasteiger partial charge on any atom is -0.289 e. The van der Waals surface area contributed by atoms with Crippen LogP contribution in [0.5, 0.6) is 0 Å². The van der Waals surface area contributed by atoms with E-state index in [9.17, 15) is 9.59 Å². The minimum absolute atomic E-state index is 0.00183. The first-order valence-electron chi connectivity index (χ1n) is 6.51. The van der Waals surface area contributed by atoms with Gasteiger partial charge in [0, 0.05) is 22.3 Å². The number of rotatable bonds is 0. The molecule has 0 amide bonds. The van der Waals surface area contributed by atoms with Gasteiger partial charge in [0.25, 0.3) is 0 Å². The molecule has 2 aromatic carbocycles. The molecule has 0 unspecified atom stereocenters.